The Kier molecular flexibility index (Phi) is 7.37. The van der Waals surface area contributed by atoms with Gasteiger partial charge in [-0.05, 0) is 27.3 Å². The molecule has 5 nitrogen and oxygen atoms in total. The Hall–Kier alpha value is -1.23. The molecule has 92 valence electrons. The molecule has 0 saturated heterocycles. The van der Waals surface area contributed by atoms with E-state index in [9.17, 15) is 14.4 Å². The van der Waals surface area contributed by atoms with Crippen LogP contribution in [-0.4, -0.2) is 37.2 Å². The van der Waals surface area contributed by atoms with E-state index >= 15 is 0 Å². The van der Waals surface area contributed by atoms with Crippen LogP contribution in [0, 0.1) is 0 Å². The van der Waals surface area contributed by atoms with Crippen LogP contribution in [0.5, 0.6) is 0 Å². The van der Waals surface area contributed by atoms with Gasteiger partial charge in [-0.25, -0.2) is 4.79 Å². The molecule has 0 aliphatic carbocycles. The minimum absolute atomic E-state index is 0.0583. The van der Waals surface area contributed by atoms with Crippen LogP contribution in [0.15, 0.2) is 0 Å². The fourth-order valence-corrected chi connectivity index (χ4v) is 1.31. The molecule has 0 aliphatic heterocycles. The maximum Gasteiger partial charge on any atom is 0.374 e. The molecule has 0 amide bonds. The number of ketones is 2. The molecule has 0 aromatic carbocycles. The van der Waals surface area contributed by atoms with Gasteiger partial charge in [-0.3, -0.25) is 9.59 Å². The molecule has 0 unspecified atom stereocenters. The summed E-state index contributed by atoms with van der Waals surface area (Å²) < 4.78 is 4.57. The van der Waals surface area contributed by atoms with Gasteiger partial charge < -0.3 is 10.1 Å². The van der Waals surface area contributed by atoms with Crippen LogP contribution in [-0.2, 0) is 19.1 Å². The molecule has 16 heavy (non-hydrogen) atoms. The Bertz CT molecular complexity index is 263. The molecular formula is C11H19NO4. The first-order valence-corrected chi connectivity index (χ1v) is 5.37. The zero-order valence-corrected chi connectivity index (χ0v) is 10.0. The van der Waals surface area contributed by atoms with Crippen LogP contribution in [0.1, 0.15) is 33.1 Å². The van der Waals surface area contributed by atoms with Gasteiger partial charge in [0.25, 0.3) is 0 Å². The SMILES string of the molecule is CCOC(=O)C(=O)CC[C@@H](CC(C)=O)NC. The quantitative estimate of drug-likeness (QED) is 0.483. The lowest BCUT2D eigenvalue weighted by Crippen LogP contribution is -2.29. The van der Waals surface area contributed by atoms with E-state index in [1.54, 1.807) is 14.0 Å². The van der Waals surface area contributed by atoms with Crippen molar-refractivity contribution in [3.63, 3.8) is 0 Å². The molecule has 0 aliphatic rings. The first-order valence-electron chi connectivity index (χ1n) is 5.37. The number of nitrogens with one attached hydrogen (secondary N) is 1. The topological polar surface area (TPSA) is 72.5 Å². The molecule has 1 N–H and O–H groups in total. The Morgan fingerprint density at radius 3 is 2.38 bits per heavy atom. The molecule has 0 heterocycles. The minimum Gasteiger partial charge on any atom is -0.460 e. The highest BCUT2D eigenvalue weighted by atomic mass is 16.5. The van der Waals surface area contributed by atoms with Crippen molar-refractivity contribution >= 4 is 17.5 Å². The number of ether oxygens (including phenoxy) is 1. The summed E-state index contributed by atoms with van der Waals surface area (Å²) in [7, 11) is 1.72. The lowest BCUT2D eigenvalue weighted by Gasteiger charge is -2.13. The van der Waals surface area contributed by atoms with Gasteiger partial charge >= 0.3 is 5.97 Å². The molecular weight excluding hydrogens is 210 g/mol. The number of carbonyl (C=O) groups is 3. The van der Waals surface area contributed by atoms with E-state index in [0.29, 0.717) is 12.8 Å². The van der Waals surface area contributed by atoms with Crippen molar-refractivity contribution in [1.82, 2.24) is 5.32 Å². The van der Waals surface area contributed by atoms with Crippen LogP contribution in [0.25, 0.3) is 0 Å². The van der Waals surface area contributed by atoms with E-state index in [0.717, 1.165) is 0 Å². The van der Waals surface area contributed by atoms with Gasteiger partial charge in [-0.15, -0.1) is 0 Å². The first-order chi connectivity index (χ1) is 7.51. The van der Waals surface area contributed by atoms with Crippen LogP contribution >= 0.6 is 0 Å². The fraction of sp³-hybridized carbons (Fsp3) is 0.727. The summed E-state index contributed by atoms with van der Waals surface area (Å²) in [5, 5.41) is 2.93. The molecule has 1 atom stereocenters. The van der Waals surface area contributed by atoms with Gasteiger partial charge in [-0.1, -0.05) is 0 Å². The Morgan fingerprint density at radius 2 is 1.94 bits per heavy atom. The normalized spacial score (nSPS) is 11.9. The number of hydrogen-bond acceptors (Lipinski definition) is 5. The maximum absolute atomic E-state index is 11.3. The number of hydrogen-bond donors (Lipinski definition) is 1. The largest absolute Gasteiger partial charge is 0.460 e. The number of esters is 1. The second kappa shape index (κ2) is 7.98. The third-order valence-electron chi connectivity index (χ3n) is 2.17. The highest BCUT2D eigenvalue weighted by Crippen LogP contribution is 2.03. The fourth-order valence-electron chi connectivity index (χ4n) is 1.31. The van der Waals surface area contributed by atoms with Crippen LogP contribution in [0.4, 0.5) is 0 Å². The van der Waals surface area contributed by atoms with E-state index in [1.165, 1.54) is 6.92 Å². The molecule has 0 rings (SSSR count). The molecule has 0 saturated carbocycles. The molecule has 0 aromatic heterocycles. The molecule has 0 spiro atoms. The summed E-state index contributed by atoms with van der Waals surface area (Å²) in [5.41, 5.74) is 0. The van der Waals surface area contributed by atoms with Crippen molar-refractivity contribution in [3.8, 4) is 0 Å². The van der Waals surface area contributed by atoms with Crippen LogP contribution < -0.4 is 5.32 Å². The molecule has 0 fully saturated rings. The Balaban J connectivity index is 3.96. The van der Waals surface area contributed by atoms with Crippen LogP contribution in [0.3, 0.4) is 0 Å². The van der Waals surface area contributed by atoms with Gasteiger partial charge in [0.1, 0.15) is 5.78 Å². The first kappa shape index (κ1) is 14.8. The van der Waals surface area contributed by atoms with Crippen molar-refractivity contribution in [2.45, 2.75) is 39.2 Å². The zero-order chi connectivity index (χ0) is 12.6. The van der Waals surface area contributed by atoms with Crippen LogP contribution in [0.2, 0.25) is 0 Å². The maximum atomic E-state index is 11.3. The predicted octanol–water partition coefficient (Wildman–Crippen LogP) is 0.466. The Morgan fingerprint density at radius 1 is 1.31 bits per heavy atom. The second-order valence-corrected chi connectivity index (χ2v) is 3.57. The summed E-state index contributed by atoms with van der Waals surface area (Å²) in [6, 6.07) is -0.0594. The third kappa shape index (κ3) is 6.29. The summed E-state index contributed by atoms with van der Waals surface area (Å²) in [5.74, 6) is -1.27. The number of carbonyl (C=O) groups excluding carboxylic acids is 3. The molecule has 0 aromatic rings. The van der Waals surface area contributed by atoms with Crippen molar-refractivity contribution in [1.29, 1.82) is 0 Å². The van der Waals surface area contributed by atoms with E-state index in [4.69, 9.17) is 0 Å². The van der Waals surface area contributed by atoms with E-state index in [1.807, 2.05) is 0 Å². The van der Waals surface area contributed by atoms with Gasteiger partial charge in [0.05, 0.1) is 6.61 Å². The van der Waals surface area contributed by atoms with E-state index in [2.05, 4.69) is 10.1 Å². The zero-order valence-electron chi connectivity index (χ0n) is 10.0. The summed E-state index contributed by atoms with van der Waals surface area (Å²) >= 11 is 0. The lowest BCUT2D eigenvalue weighted by molar-refractivity contribution is -0.153. The standard InChI is InChI=1S/C11H19NO4/c1-4-16-11(15)10(14)6-5-9(12-3)7-8(2)13/h9,12H,4-7H2,1-3H3/t9-/m0/s1. The third-order valence-corrected chi connectivity index (χ3v) is 2.17. The highest BCUT2D eigenvalue weighted by molar-refractivity contribution is 6.33. The van der Waals surface area contributed by atoms with E-state index < -0.39 is 11.8 Å². The average molecular weight is 229 g/mol. The van der Waals surface area contributed by atoms with E-state index in [-0.39, 0.29) is 24.9 Å². The summed E-state index contributed by atoms with van der Waals surface area (Å²) in [6.45, 7) is 3.35. The minimum atomic E-state index is -0.792. The van der Waals surface area contributed by atoms with Crippen molar-refractivity contribution in [2.24, 2.45) is 0 Å². The lowest BCUT2D eigenvalue weighted by atomic mass is 10.0. The average Bonchev–Trinajstić information content (AvgIpc) is 2.23. The van der Waals surface area contributed by atoms with Gasteiger partial charge in [-0.2, -0.15) is 0 Å². The number of rotatable bonds is 8. The smallest absolute Gasteiger partial charge is 0.374 e. The number of Topliss-reactive ketones (excluding diaryl/α,β-unsaturated/α-hetero) is 2. The summed E-state index contributed by atoms with van der Waals surface area (Å²) in [6.07, 6.45) is 0.942. The van der Waals surface area contributed by atoms with Crippen molar-refractivity contribution < 1.29 is 19.1 Å². The van der Waals surface area contributed by atoms with Crippen molar-refractivity contribution in [3.05, 3.63) is 0 Å². The monoisotopic (exact) mass is 229 g/mol. The molecule has 0 radical (unpaired) electrons. The van der Waals surface area contributed by atoms with Crippen molar-refractivity contribution in [2.75, 3.05) is 13.7 Å². The summed E-state index contributed by atoms with van der Waals surface area (Å²) in [4.78, 5) is 33.1. The van der Waals surface area contributed by atoms with Gasteiger partial charge in [0.15, 0.2) is 0 Å². The van der Waals surface area contributed by atoms with Gasteiger partial charge in [0, 0.05) is 18.9 Å². The molecule has 5 heteroatoms. The second-order valence-electron chi connectivity index (χ2n) is 3.57. The highest BCUT2D eigenvalue weighted by Gasteiger charge is 2.17. The van der Waals surface area contributed by atoms with Gasteiger partial charge in [0.2, 0.25) is 5.78 Å². The Labute approximate surface area is 95.5 Å². The predicted molar refractivity (Wildman–Crippen MR) is 59.0 cm³/mol. The molecule has 0 bridgehead atoms.